The van der Waals surface area contributed by atoms with Crippen molar-refractivity contribution in [3.63, 3.8) is 0 Å². The van der Waals surface area contributed by atoms with Crippen LogP contribution in [-0.2, 0) is 9.59 Å². The zero-order valence-electron chi connectivity index (χ0n) is 15.1. The van der Waals surface area contributed by atoms with E-state index in [4.69, 9.17) is 9.47 Å². The largest absolute Gasteiger partial charge is 0.486 e. The molecular weight excluding hydrogens is 350 g/mol. The van der Waals surface area contributed by atoms with E-state index in [-0.39, 0.29) is 30.5 Å². The highest BCUT2D eigenvalue weighted by Crippen LogP contribution is 2.17. The minimum absolute atomic E-state index is 0.0359. The van der Waals surface area contributed by atoms with E-state index in [9.17, 15) is 19.7 Å². The van der Waals surface area contributed by atoms with E-state index in [0.717, 1.165) is 5.56 Å². The average Bonchev–Trinajstić information content (AvgIpc) is 2.66. The molecule has 7 heteroatoms. The summed E-state index contributed by atoms with van der Waals surface area (Å²) in [6.07, 6.45) is 1.65. The number of unbranched alkanes of at least 4 members (excludes halogenated alkanes) is 1. The number of benzene rings is 2. The lowest BCUT2D eigenvalue weighted by Crippen LogP contribution is -2.12. The third-order valence-corrected chi connectivity index (χ3v) is 3.79. The first kappa shape index (κ1) is 20.1. The molecule has 0 amide bonds. The second-order valence-electron chi connectivity index (χ2n) is 6.07. The summed E-state index contributed by atoms with van der Waals surface area (Å²) < 4.78 is 10.5. The number of non-ortho nitro benzene ring substituents is 1. The zero-order valence-corrected chi connectivity index (χ0v) is 15.1. The van der Waals surface area contributed by atoms with Gasteiger partial charge in [-0.2, -0.15) is 0 Å². The number of nitro groups is 1. The summed E-state index contributed by atoms with van der Waals surface area (Å²) in [5.74, 6) is 0.488. The van der Waals surface area contributed by atoms with Gasteiger partial charge < -0.3 is 9.47 Å². The summed E-state index contributed by atoms with van der Waals surface area (Å²) in [5.41, 5.74) is 1.05. The van der Waals surface area contributed by atoms with Gasteiger partial charge in [0.25, 0.3) is 5.69 Å². The van der Waals surface area contributed by atoms with Crippen molar-refractivity contribution in [1.82, 2.24) is 0 Å². The van der Waals surface area contributed by atoms with Gasteiger partial charge in [0.15, 0.2) is 5.78 Å². The number of hydrogen-bond acceptors (Lipinski definition) is 6. The van der Waals surface area contributed by atoms with E-state index in [2.05, 4.69) is 0 Å². The molecule has 0 aliphatic carbocycles. The molecule has 0 heterocycles. The van der Waals surface area contributed by atoms with Crippen molar-refractivity contribution in [3.8, 4) is 11.5 Å². The van der Waals surface area contributed by atoms with E-state index in [0.29, 0.717) is 30.8 Å². The molecule has 2 aromatic rings. The van der Waals surface area contributed by atoms with Crippen molar-refractivity contribution in [2.24, 2.45) is 0 Å². The SMILES string of the molecule is Cc1ccc(OC(=O)CCCCC(=O)COc2ccc([N+](=O)[O-])cc2)cc1. The Morgan fingerprint density at radius 1 is 0.926 bits per heavy atom. The molecule has 0 saturated heterocycles. The number of ketones is 1. The first-order chi connectivity index (χ1) is 12.9. The maximum Gasteiger partial charge on any atom is 0.311 e. The van der Waals surface area contributed by atoms with Crippen LogP contribution in [0, 0.1) is 17.0 Å². The van der Waals surface area contributed by atoms with Crippen molar-refractivity contribution in [2.75, 3.05) is 6.61 Å². The summed E-state index contributed by atoms with van der Waals surface area (Å²) >= 11 is 0. The average molecular weight is 371 g/mol. The molecule has 0 atom stereocenters. The number of nitro benzene ring substituents is 1. The maximum absolute atomic E-state index is 11.8. The van der Waals surface area contributed by atoms with Crippen LogP contribution in [0.5, 0.6) is 11.5 Å². The summed E-state index contributed by atoms with van der Waals surface area (Å²) in [7, 11) is 0. The van der Waals surface area contributed by atoms with Gasteiger partial charge in [-0.05, 0) is 44.0 Å². The Labute approximate surface area is 157 Å². The summed E-state index contributed by atoms with van der Waals surface area (Å²) in [6, 6.07) is 12.8. The van der Waals surface area contributed by atoms with Gasteiger partial charge in [0.05, 0.1) is 4.92 Å². The minimum Gasteiger partial charge on any atom is -0.486 e. The molecule has 142 valence electrons. The van der Waals surface area contributed by atoms with Crippen LogP contribution in [0.15, 0.2) is 48.5 Å². The molecule has 27 heavy (non-hydrogen) atoms. The minimum atomic E-state index is -0.501. The molecule has 2 rings (SSSR count). The van der Waals surface area contributed by atoms with Gasteiger partial charge in [0.2, 0.25) is 0 Å². The molecule has 0 spiro atoms. The van der Waals surface area contributed by atoms with Crippen LogP contribution in [-0.4, -0.2) is 23.3 Å². The molecule has 0 N–H and O–H groups in total. The number of aryl methyl sites for hydroxylation is 1. The van der Waals surface area contributed by atoms with Gasteiger partial charge in [-0.3, -0.25) is 19.7 Å². The van der Waals surface area contributed by atoms with E-state index < -0.39 is 4.92 Å². The quantitative estimate of drug-likeness (QED) is 0.206. The second-order valence-corrected chi connectivity index (χ2v) is 6.07. The summed E-state index contributed by atoms with van der Waals surface area (Å²) in [5, 5.41) is 10.6. The molecule has 7 nitrogen and oxygen atoms in total. The third-order valence-electron chi connectivity index (χ3n) is 3.79. The lowest BCUT2D eigenvalue weighted by Gasteiger charge is -2.06. The van der Waals surface area contributed by atoms with Gasteiger partial charge in [-0.15, -0.1) is 0 Å². The number of hydrogen-bond donors (Lipinski definition) is 0. The van der Waals surface area contributed by atoms with Gasteiger partial charge in [0.1, 0.15) is 18.1 Å². The molecule has 0 aliphatic rings. The Morgan fingerprint density at radius 2 is 1.52 bits per heavy atom. The van der Waals surface area contributed by atoms with Gasteiger partial charge >= 0.3 is 5.97 Å². The lowest BCUT2D eigenvalue weighted by atomic mass is 10.1. The van der Waals surface area contributed by atoms with Crippen molar-refractivity contribution < 1.29 is 24.0 Å². The standard InChI is InChI=1S/C20H21NO6/c1-15-6-10-19(11-7-15)27-20(23)5-3-2-4-17(22)14-26-18-12-8-16(9-13-18)21(24)25/h6-13H,2-5,14H2,1H3. The number of ether oxygens (including phenoxy) is 2. The number of carbonyl (C=O) groups is 2. The number of Topliss-reactive ketones (excluding diaryl/α,β-unsaturated/α-hetero) is 1. The molecule has 0 aliphatic heterocycles. The van der Waals surface area contributed by atoms with Crippen LogP contribution in [0.3, 0.4) is 0 Å². The Kier molecular flexibility index (Phi) is 7.49. The summed E-state index contributed by atoms with van der Waals surface area (Å²) in [6.45, 7) is 1.85. The van der Waals surface area contributed by atoms with Crippen LogP contribution >= 0.6 is 0 Å². The van der Waals surface area contributed by atoms with E-state index >= 15 is 0 Å². The highest BCUT2D eigenvalue weighted by Gasteiger charge is 2.08. The predicted molar refractivity (Wildman–Crippen MR) is 98.9 cm³/mol. The summed E-state index contributed by atoms with van der Waals surface area (Å²) in [4.78, 5) is 33.6. The van der Waals surface area contributed by atoms with Crippen LogP contribution in [0.1, 0.15) is 31.2 Å². The van der Waals surface area contributed by atoms with E-state index in [1.807, 2.05) is 19.1 Å². The number of rotatable bonds is 10. The molecule has 2 aromatic carbocycles. The molecule has 0 aromatic heterocycles. The first-order valence-corrected chi connectivity index (χ1v) is 8.60. The predicted octanol–water partition coefficient (Wildman–Crippen LogP) is 4.02. The van der Waals surface area contributed by atoms with Crippen molar-refractivity contribution in [1.29, 1.82) is 0 Å². The fourth-order valence-electron chi connectivity index (χ4n) is 2.28. The third kappa shape index (κ3) is 7.27. The van der Waals surface area contributed by atoms with Crippen molar-refractivity contribution >= 4 is 17.4 Å². The highest BCUT2D eigenvalue weighted by atomic mass is 16.6. The molecule has 0 fully saturated rings. The van der Waals surface area contributed by atoms with Crippen LogP contribution in [0.4, 0.5) is 5.69 Å². The Bertz CT molecular complexity index is 783. The fraction of sp³-hybridized carbons (Fsp3) is 0.300. The second kappa shape index (κ2) is 10.1. The lowest BCUT2D eigenvalue weighted by molar-refractivity contribution is -0.384. The number of esters is 1. The van der Waals surface area contributed by atoms with Gasteiger partial charge in [-0.25, -0.2) is 0 Å². The molecule has 0 radical (unpaired) electrons. The van der Waals surface area contributed by atoms with Crippen LogP contribution in [0.25, 0.3) is 0 Å². The maximum atomic E-state index is 11.8. The van der Waals surface area contributed by atoms with E-state index in [1.54, 1.807) is 12.1 Å². The van der Waals surface area contributed by atoms with Gasteiger partial charge in [0, 0.05) is 25.0 Å². The van der Waals surface area contributed by atoms with Crippen molar-refractivity contribution in [3.05, 3.63) is 64.2 Å². The van der Waals surface area contributed by atoms with E-state index in [1.165, 1.54) is 24.3 Å². The Balaban J connectivity index is 1.60. The normalized spacial score (nSPS) is 10.3. The first-order valence-electron chi connectivity index (χ1n) is 8.60. The number of nitrogens with zero attached hydrogens (tertiary/aromatic N) is 1. The topological polar surface area (TPSA) is 95.7 Å². The Morgan fingerprint density at radius 3 is 2.15 bits per heavy atom. The number of carbonyl (C=O) groups excluding carboxylic acids is 2. The fourth-order valence-corrected chi connectivity index (χ4v) is 2.28. The highest BCUT2D eigenvalue weighted by molar-refractivity contribution is 5.80. The molecule has 0 saturated carbocycles. The molecular formula is C20H21NO6. The van der Waals surface area contributed by atoms with Gasteiger partial charge in [-0.1, -0.05) is 17.7 Å². The Hall–Kier alpha value is -3.22. The van der Waals surface area contributed by atoms with Crippen LogP contribution < -0.4 is 9.47 Å². The molecule has 0 bridgehead atoms. The smallest absolute Gasteiger partial charge is 0.311 e. The zero-order chi connectivity index (χ0) is 19.6. The van der Waals surface area contributed by atoms with Crippen LogP contribution in [0.2, 0.25) is 0 Å². The monoisotopic (exact) mass is 371 g/mol. The molecule has 0 unspecified atom stereocenters. The van der Waals surface area contributed by atoms with Crippen molar-refractivity contribution in [2.45, 2.75) is 32.6 Å².